The van der Waals surface area contributed by atoms with Gasteiger partial charge < -0.3 is 16.0 Å². The Bertz CT molecular complexity index is 892. The maximum absolute atomic E-state index is 12.5. The molecule has 2 rings (SSSR count). The van der Waals surface area contributed by atoms with E-state index in [1.54, 1.807) is 38.1 Å². The van der Waals surface area contributed by atoms with Crippen LogP contribution in [0.5, 0.6) is 0 Å². The molecule has 0 radical (unpaired) electrons. The molecule has 6 nitrogen and oxygen atoms in total. The molecular weight excluding hydrogens is 399 g/mol. The zero-order valence-electron chi connectivity index (χ0n) is 16.5. The molecule has 3 N–H and O–H groups in total. The largest absolute Gasteiger partial charge is 0.416 e. The molecule has 0 saturated heterocycles. The number of halogens is 3. The molecule has 160 valence electrons. The third-order valence-corrected chi connectivity index (χ3v) is 4.11. The van der Waals surface area contributed by atoms with Gasteiger partial charge in [0.15, 0.2) is 0 Å². The molecule has 0 saturated carbocycles. The first-order chi connectivity index (χ1) is 14.1. The number of anilines is 1. The van der Waals surface area contributed by atoms with Gasteiger partial charge in [-0.3, -0.25) is 14.4 Å². The van der Waals surface area contributed by atoms with Crippen molar-refractivity contribution >= 4 is 23.4 Å². The first-order valence-electron chi connectivity index (χ1n) is 9.22. The number of hydrogen-bond acceptors (Lipinski definition) is 3. The number of carbonyl (C=O) groups is 3. The fraction of sp³-hybridized carbons (Fsp3) is 0.286. The van der Waals surface area contributed by atoms with E-state index in [0.717, 1.165) is 24.3 Å². The summed E-state index contributed by atoms with van der Waals surface area (Å²) in [7, 11) is 0. The standard InChI is InChI=1S/C21H22F3N3O3/c1-13(2)18(28)27-17-9-5-15(6-10-17)20(30)26-12-11-25-19(29)14-3-7-16(8-4-14)21(22,23)24/h3-10,13H,11-12H2,1-2H3,(H,25,29)(H,26,30)(H,27,28). The predicted molar refractivity (Wildman–Crippen MR) is 106 cm³/mol. The molecule has 30 heavy (non-hydrogen) atoms. The zero-order valence-corrected chi connectivity index (χ0v) is 16.5. The van der Waals surface area contributed by atoms with Crippen LogP contribution in [0.1, 0.15) is 40.1 Å². The van der Waals surface area contributed by atoms with E-state index in [1.165, 1.54) is 0 Å². The van der Waals surface area contributed by atoms with Gasteiger partial charge in [-0.05, 0) is 48.5 Å². The van der Waals surface area contributed by atoms with Crippen LogP contribution in [0.4, 0.5) is 18.9 Å². The van der Waals surface area contributed by atoms with E-state index < -0.39 is 17.6 Å². The molecule has 0 heterocycles. The van der Waals surface area contributed by atoms with E-state index in [0.29, 0.717) is 11.3 Å². The second-order valence-electron chi connectivity index (χ2n) is 6.81. The van der Waals surface area contributed by atoms with Gasteiger partial charge >= 0.3 is 6.18 Å². The summed E-state index contributed by atoms with van der Waals surface area (Å²) in [6, 6.07) is 10.2. The lowest BCUT2D eigenvalue weighted by Gasteiger charge is -2.10. The van der Waals surface area contributed by atoms with Crippen LogP contribution >= 0.6 is 0 Å². The van der Waals surface area contributed by atoms with Crippen LogP contribution in [0.15, 0.2) is 48.5 Å². The average Bonchev–Trinajstić information content (AvgIpc) is 2.70. The number of amides is 3. The number of carbonyl (C=O) groups excluding carboxylic acids is 3. The van der Waals surface area contributed by atoms with E-state index in [2.05, 4.69) is 16.0 Å². The van der Waals surface area contributed by atoms with E-state index in [4.69, 9.17) is 0 Å². The SMILES string of the molecule is CC(C)C(=O)Nc1ccc(C(=O)NCCNC(=O)c2ccc(C(F)(F)F)cc2)cc1. The Morgan fingerprint density at radius 1 is 0.800 bits per heavy atom. The molecule has 9 heteroatoms. The highest BCUT2D eigenvalue weighted by Crippen LogP contribution is 2.29. The Morgan fingerprint density at radius 3 is 1.63 bits per heavy atom. The van der Waals surface area contributed by atoms with Crippen LogP contribution in [-0.2, 0) is 11.0 Å². The summed E-state index contributed by atoms with van der Waals surface area (Å²) >= 11 is 0. The highest BCUT2D eigenvalue weighted by atomic mass is 19.4. The van der Waals surface area contributed by atoms with Crippen LogP contribution in [-0.4, -0.2) is 30.8 Å². The molecule has 0 aliphatic heterocycles. The van der Waals surface area contributed by atoms with E-state index in [-0.39, 0.29) is 36.4 Å². The second kappa shape index (κ2) is 9.91. The summed E-state index contributed by atoms with van der Waals surface area (Å²) in [5, 5.41) is 7.87. The Hall–Kier alpha value is -3.36. The summed E-state index contributed by atoms with van der Waals surface area (Å²) in [6.07, 6.45) is -4.46. The van der Waals surface area contributed by atoms with Crippen molar-refractivity contribution in [3.8, 4) is 0 Å². The Morgan fingerprint density at radius 2 is 1.23 bits per heavy atom. The minimum absolute atomic E-state index is 0.0911. The lowest BCUT2D eigenvalue weighted by molar-refractivity contribution is -0.137. The minimum Gasteiger partial charge on any atom is -0.350 e. The van der Waals surface area contributed by atoms with Gasteiger partial charge in [-0.25, -0.2) is 0 Å². The van der Waals surface area contributed by atoms with Gasteiger partial charge in [-0.2, -0.15) is 13.2 Å². The number of nitrogens with one attached hydrogen (secondary N) is 3. The summed E-state index contributed by atoms with van der Waals surface area (Å²) < 4.78 is 37.6. The molecule has 0 atom stereocenters. The zero-order chi connectivity index (χ0) is 22.3. The smallest absolute Gasteiger partial charge is 0.350 e. The molecule has 2 aromatic rings. The van der Waals surface area contributed by atoms with Crippen molar-refractivity contribution in [3.63, 3.8) is 0 Å². The lowest BCUT2D eigenvalue weighted by Crippen LogP contribution is -2.34. The van der Waals surface area contributed by atoms with Crippen LogP contribution in [0.2, 0.25) is 0 Å². The molecule has 2 aromatic carbocycles. The molecule has 0 bridgehead atoms. The molecule has 3 amide bonds. The monoisotopic (exact) mass is 421 g/mol. The Kier molecular flexibility index (Phi) is 7.57. The molecule has 0 aromatic heterocycles. The normalized spacial score (nSPS) is 11.1. The van der Waals surface area contributed by atoms with Gasteiger partial charge in [0.05, 0.1) is 5.56 Å². The van der Waals surface area contributed by atoms with Crippen LogP contribution in [0, 0.1) is 5.92 Å². The Labute approximate surface area is 171 Å². The molecule has 0 fully saturated rings. The van der Waals surface area contributed by atoms with Gasteiger partial charge in [0.25, 0.3) is 11.8 Å². The average molecular weight is 421 g/mol. The minimum atomic E-state index is -4.46. The van der Waals surface area contributed by atoms with E-state index in [9.17, 15) is 27.6 Å². The number of rotatable bonds is 7. The second-order valence-corrected chi connectivity index (χ2v) is 6.81. The van der Waals surface area contributed by atoms with Crippen molar-refractivity contribution in [2.75, 3.05) is 18.4 Å². The third-order valence-electron chi connectivity index (χ3n) is 4.11. The maximum atomic E-state index is 12.5. The van der Waals surface area contributed by atoms with Crippen LogP contribution < -0.4 is 16.0 Å². The lowest BCUT2D eigenvalue weighted by atomic mass is 10.1. The quantitative estimate of drug-likeness (QED) is 0.599. The molecule has 0 aliphatic rings. The number of alkyl halides is 3. The van der Waals surface area contributed by atoms with Gasteiger partial charge in [-0.15, -0.1) is 0 Å². The molecular formula is C21H22F3N3O3. The summed E-state index contributed by atoms with van der Waals surface area (Å²) in [6.45, 7) is 3.78. The van der Waals surface area contributed by atoms with Crippen molar-refractivity contribution in [1.82, 2.24) is 10.6 Å². The van der Waals surface area contributed by atoms with Crippen molar-refractivity contribution < 1.29 is 27.6 Å². The molecule has 0 spiro atoms. The van der Waals surface area contributed by atoms with Crippen LogP contribution in [0.3, 0.4) is 0 Å². The summed E-state index contributed by atoms with van der Waals surface area (Å²) in [4.78, 5) is 35.7. The fourth-order valence-electron chi connectivity index (χ4n) is 2.36. The fourth-order valence-corrected chi connectivity index (χ4v) is 2.36. The highest BCUT2D eigenvalue weighted by Gasteiger charge is 2.30. The topological polar surface area (TPSA) is 87.3 Å². The summed E-state index contributed by atoms with van der Waals surface area (Å²) in [5.74, 6) is -1.19. The van der Waals surface area contributed by atoms with Gasteiger partial charge in [0.2, 0.25) is 5.91 Å². The van der Waals surface area contributed by atoms with Crippen molar-refractivity contribution in [1.29, 1.82) is 0 Å². The molecule has 0 unspecified atom stereocenters. The van der Waals surface area contributed by atoms with E-state index in [1.807, 2.05) is 0 Å². The molecule has 0 aliphatic carbocycles. The van der Waals surface area contributed by atoms with Crippen LogP contribution in [0.25, 0.3) is 0 Å². The van der Waals surface area contributed by atoms with Crippen molar-refractivity contribution in [3.05, 3.63) is 65.2 Å². The van der Waals surface area contributed by atoms with E-state index >= 15 is 0 Å². The van der Waals surface area contributed by atoms with Crippen molar-refractivity contribution in [2.45, 2.75) is 20.0 Å². The highest BCUT2D eigenvalue weighted by molar-refractivity contribution is 5.96. The van der Waals surface area contributed by atoms with Gasteiger partial charge in [-0.1, -0.05) is 13.8 Å². The first kappa shape index (κ1) is 22.9. The van der Waals surface area contributed by atoms with Gasteiger partial charge in [0, 0.05) is 35.8 Å². The van der Waals surface area contributed by atoms with Crippen molar-refractivity contribution in [2.24, 2.45) is 5.92 Å². The number of benzene rings is 2. The maximum Gasteiger partial charge on any atom is 0.416 e. The van der Waals surface area contributed by atoms with Gasteiger partial charge in [0.1, 0.15) is 0 Å². The Balaban J connectivity index is 1.77. The number of hydrogen-bond donors (Lipinski definition) is 3. The predicted octanol–water partition coefficient (Wildman–Crippen LogP) is 3.46. The summed E-state index contributed by atoms with van der Waals surface area (Å²) in [5.41, 5.74) is 0.218. The first-order valence-corrected chi connectivity index (χ1v) is 9.22. The third kappa shape index (κ3) is 6.61.